The highest BCUT2D eigenvalue weighted by atomic mass is 16.4. The Labute approximate surface area is 123 Å². The predicted molar refractivity (Wildman–Crippen MR) is 74.5 cm³/mol. The van der Waals surface area contributed by atoms with E-state index in [-0.39, 0.29) is 18.0 Å². The van der Waals surface area contributed by atoms with Gasteiger partial charge in [-0.05, 0) is 18.9 Å². The number of carboxylic acids is 1. The number of carbonyl (C=O) groups is 3. The Kier molecular flexibility index (Phi) is 8.41. The molecular weight excluding hydrogens is 276 g/mol. The van der Waals surface area contributed by atoms with Crippen LogP contribution in [0.15, 0.2) is 11.8 Å². The van der Waals surface area contributed by atoms with Gasteiger partial charge < -0.3 is 21.1 Å². The first kappa shape index (κ1) is 18.6. The number of hydrogen-bond acceptors (Lipinski definition) is 5. The summed E-state index contributed by atoms with van der Waals surface area (Å²) in [6.45, 7) is 3.90. The second kappa shape index (κ2) is 9.50. The summed E-state index contributed by atoms with van der Waals surface area (Å²) in [5.74, 6) is -2.37. The van der Waals surface area contributed by atoms with Gasteiger partial charge in [-0.3, -0.25) is 9.59 Å². The van der Waals surface area contributed by atoms with Crippen LogP contribution in [0.1, 0.15) is 20.3 Å². The lowest BCUT2D eigenvalue weighted by molar-refractivity contribution is -0.142. The van der Waals surface area contributed by atoms with Crippen molar-refractivity contribution in [2.24, 2.45) is 11.7 Å². The molecule has 0 aliphatic heterocycles. The molecule has 1 unspecified atom stereocenters. The number of carboxylic acid groups (broad SMARTS) is 1. The van der Waals surface area contributed by atoms with E-state index in [2.05, 4.69) is 5.32 Å². The molecule has 0 aromatic heterocycles. The first-order valence-corrected chi connectivity index (χ1v) is 6.44. The van der Waals surface area contributed by atoms with Crippen molar-refractivity contribution in [3.8, 4) is 6.07 Å². The molecule has 21 heavy (non-hydrogen) atoms. The molecule has 0 aromatic carbocycles. The predicted octanol–water partition coefficient (Wildman–Crippen LogP) is -0.574. The number of aliphatic carboxylic acids is 1. The molecule has 4 N–H and O–H groups in total. The third-order valence-corrected chi connectivity index (χ3v) is 2.64. The summed E-state index contributed by atoms with van der Waals surface area (Å²) in [5, 5.41) is 20.2. The summed E-state index contributed by atoms with van der Waals surface area (Å²) in [7, 11) is 0. The van der Waals surface area contributed by atoms with Crippen LogP contribution in [0.2, 0.25) is 0 Å². The highest BCUT2D eigenvalue weighted by molar-refractivity contribution is 5.99. The molecule has 116 valence electrons. The topological polar surface area (TPSA) is 137 Å². The molecule has 0 rings (SSSR count). The molecule has 0 saturated carbocycles. The van der Waals surface area contributed by atoms with E-state index >= 15 is 0 Å². The number of amides is 2. The number of nitriles is 1. The third kappa shape index (κ3) is 6.54. The summed E-state index contributed by atoms with van der Waals surface area (Å²) in [6, 6.07) is 0.542. The average molecular weight is 296 g/mol. The van der Waals surface area contributed by atoms with Gasteiger partial charge in [0, 0.05) is 12.7 Å². The van der Waals surface area contributed by atoms with Gasteiger partial charge >= 0.3 is 5.97 Å². The van der Waals surface area contributed by atoms with Gasteiger partial charge in [-0.15, -0.1) is 0 Å². The van der Waals surface area contributed by atoms with Crippen molar-refractivity contribution in [3.05, 3.63) is 11.8 Å². The lowest BCUT2D eigenvalue weighted by atomic mass is 10.0. The summed E-state index contributed by atoms with van der Waals surface area (Å²) in [5.41, 5.74) is 4.97. The van der Waals surface area contributed by atoms with E-state index in [0.29, 0.717) is 19.4 Å². The Morgan fingerprint density at radius 2 is 2.10 bits per heavy atom. The molecular formula is C13H20N4O4. The van der Waals surface area contributed by atoms with Crippen molar-refractivity contribution in [3.63, 3.8) is 0 Å². The van der Waals surface area contributed by atoms with Gasteiger partial charge in [-0.25, -0.2) is 4.79 Å². The number of hydrogen-bond donors (Lipinski definition) is 3. The fraction of sp³-hybridized carbons (Fsp3) is 0.538. The molecule has 0 heterocycles. The Morgan fingerprint density at radius 1 is 1.48 bits per heavy atom. The quantitative estimate of drug-likeness (QED) is 0.296. The summed E-state index contributed by atoms with van der Waals surface area (Å²) in [6.07, 6.45) is 2.06. The molecule has 0 saturated heterocycles. The molecule has 0 aromatic rings. The Hall–Kier alpha value is -2.40. The first-order valence-electron chi connectivity index (χ1n) is 6.44. The van der Waals surface area contributed by atoms with Crippen molar-refractivity contribution in [2.45, 2.75) is 26.3 Å². The Bertz CT molecular complexity index is 454. The molecule has 2 amide bonds. The van der Waals surface area contributed by atoms with Crippen molar-refractivity contribution >= 4 is 18.3 Å². The van der Waals surface area contributed by atoms with Gasteiger partial charge in [0.2, 0.25) is 6.41 Å². The zero-order valence-electron chi connectivity index (χ0n) is 12.1. The molecule has 1 atom stereocenters. The Balaban J connectivity index is 5.01. The normalized spacial score (nSPS) is 12.4. The van der Waals surface area contributed by atoms with E-state index in [1.165, 1.54) is 0 Å². The van der Waals surface area contributed by atoms with Crippen molar-refractivity contribution in [2.75, 3.05) is 13.1 Å². The van der Waals surface area contributed by atoms with Crippen molar-refractivity contribution in [1.82, 2.24) is 10.2 Å². The van der Waals surface area contributed by atoms with Gasteiger partial charge in [-0.2, -0.15) is 5.26 Å². The minimum atomic E-state index is -1.19. The van der Waals surface area contributed by atoms with Crippen molar-refractivity contribution < 1.29 is 19.5 Å². The molecule has 0 radical (unpaired) electrons. The maximum atomic E-state index is 11.9. The third-order valence-electron chi connectivity index (χ3n) is 2.64. The van der Waals surface area contributed by atoms with Gasteiger partial charge in [0.25, 0.3) is 5.91 Å². The van der Waals surface area contributed by atoms with Gasteiger partial charge in [0.15, 0.2) is 0 Å². The van der Waals surface area contributed by atoms with E-state index in [0.717, 1.165) is 11.1 Å². The van der Waals surface area contributed by atoms with Crippen LogP contribution in [0.3, 0.4) is 0 Å². The van der Waals surface area contributed by atoms with Crippen LogP contribution in [0.25, 0.3) is 0 Å². The lowest BCUT2D eigenvalue weighted by Gasteiger charge is -2.18. The standard InChI is InChI=1S/C13H20N4O4/c1-9(2)11(13(20)21)16-12(19)10(6-15)7-17(8-18)5-3-4-14/h7-9,11H,3-5,14H2,1-2H3,(H,16,19)(H,20,21)/b10-7-. The number of nitrogens with one attached hydrogen (secondary N) is 1. The zero-order chi connectivity index (χ0) is 16.4. The second-order valence-corrected chi connectivity index (χ2v) is 4.67. The monoisotopic (exact) mass is 296 g/mol. The van der Waals surface area contributed by atoms with Crippen LogP contribution >= 0.6 is 0 Å². The minimum absolute atomic E-state index is 0.269. The maximum Gasteiger partial charge on any atom is 0.326 e. The highest BCUT2D eigenvalue weighted by Gasteiger charge is 2.25. The average Bonchev–Trinajstić information content (AvgIpc) is 2.44. The molecule has 8 heteroatoms. The first-order chi connectivity index (χ1) is 9.87. The van der Waals surface area contributed by atoms with Crippen LogP contribution in [-0.4, -0.2) is 47.4 Å². The van der Waals surface area contributed by atoms with E-state index in [1.54, 1.807) is 19.9 Å². The van der Waals surface area contributed by atoms with E-state index < -0.39 is 17.9 Å². The maximum absolute atomic E-state index is 11.9. The summed E-state index contributed by atoms with van der Waals surface area (Å²) in [4.78, 5) is 34.8. The van der Waals surface area contributed by atoms with Crippen LogP contribution in [0.5, 0.6) is 0 Å². The van der Waals surface area contributed by atoms with Crippen molar-refractivity contribution in [1.29, 1.82) is 5.26 Å². The van der Waals surface area contributed by atoms with E-state index in [1.807, 2.05) is 0 Å². The molecule has 0 fully saturated rings. The van der Waals surface area contributed by atoms with Gasteiger partial charge in [0.05, 0.1) is 0 Å². The second-order valence-electron chi connectivity index (χ2n) is 4.67. The van der Waals surface area contributed by atoms with Crippen LogP contribution in [-0.2, 0) is 14.4 Å². The summed E-state index contributed by atoms with van der Waals surface area (Å²) < 4.78 is 0. The Morgan fingerprint density at radius 3 is 2.48 bits per heavy atom. The lowest BCUT2D eigenvalue weighted by Crippen LogP contribution is -2.45. The molecule has 0 bridgehead atoms. The highest BCUT2D eigenvalue weighted by Crippen LogP contribution is 2.04. The molecule has 0 aliphatic rings. The number of nitrogens with zero attached hydrogens (tertiary/aromatic N) is 2. The number of rotatable bonds is 9. The SMILES string of the molecule is CC(C)C(NC(=O)/C(C#N)=C\N(C=O)CCCN)C(=O)O. The van der Waals surface area contributed by atoms with E-state index in [4.69, 9.17) is 16.1 Å². The summed E-state index contributed by atoms with van der Waals surface area (Å²) >= 11 is 0. The van der Waals surface area contributed by atoms with Gasteiger partial charge in [-0.1, -0.05) is 13.8 Å². The zero-order valence-corrected chi connectivity index (χ0v) is 12.1. The van der Waals surface area contributed by atoms with E-state index in [9.17, 15) is 14.4 Å². The van der Waals surface area contributed by atoms with Crippen LogP contribution in [0.4, 0.5) is 0 Å². The molecule has 8 nitrogen and oxygen atoms in total. The largest absolute Gasteiger partial charge is 0.480 e. The smallest absolute Gasteiger partial charge is 0.326 e. The van der Waals surface area contributed by atoms with Gasteiger partial charge in [0.1, 0.15) is 17.7 Å². The molecule has 0 aliphatic carbocycles. The van der Waals surface area contributed by atoms with Crippen LogP contribution in [0, 0.1) is 17.2 Å². The fourth-order valence-corrected chi connectivity index (χ4v) is 1.46. The molecule has 0 spiro atoms. The number of carbonyl (C=O) groups excluding carboxylic acids is 2. The number of nitrogens with two attached hydrogens (primary N) is 1. The minimum Gasteiger partial charge on any atom is -0.480 e. The fourth-order valence-electron chi connectivity index (χ4n) is 1.46. The van der Waals surface area contributed by atoms with Crippen LogP contribution < -0.4 is 11.1 Å².